The van der Waals surface area contributed by atoms with Gasteiger partial charge in [-0.05, 0) is 48.6 Å². The maximum absolute atomic E-state index is 13.0. The first-order valence-electron chi connectivity index (χ1n) is 9.32. The van der Waals surface area contributed by atoms with Crippen molar-refractivity contribution in [2.45, 2.75) is 19.3 Å². The van der Waals surface area contributed by atoms with Gasteiger partial charge in [0, 0.05) is 24.7 Å². The number of nitriles is 1. The molecule has 136 valence electrons. The highest BCUT2D eigenvalue weighted by Gasteiger charge is 2.33. The van der Waals surface area contributed by atoms with Gasteiger partial charge in [-0.1, -0.05) is 30.3 Å². The van der Waals surface area contributed by atoms with Gasteiger partial charge < -0.3 is 9.80 Å². The van der Waals surface area contributed by atoms with Crippen LogP contribution in [0.1, 0.15) is 23.1 Å². The van der Waals surface area contributed by atoms with Crippen molar-refractivity contribution in [3.8, 4) is 6.07 Å². The van der Waals surface area contributed by atoms with Gasteiger partial charge in [0.2, 0.25) is 11.8 Å². The first-order chi connectivity index (χ1) is 13.2. The van der Waals surface area contributed by atoms with E-state index in [0.29, 0.717) is 18.7 Å². The zero-order valence-electron chi connectivity index (χ0n) is 15.1. The molecular formula is C22H21N3O2. The molecule has 2 aliphatic rings. The van der Waals surface area contributed by atoms with Crippen LogP contribution in [-0.2, 0) is 22.4 Å². The number of carbonyl (C=O) groups is 2. The van der Waals surface area contributed by atoms with Crippen molar-refractivity contribution in [1.82, 2.24) is 4.90 Å². The fourth-order valence-electron chi connectivity index (χ4n) is 4.04. The highest BCUT2D eigenvalue weighted by atomic mass is 16.2. The number of fused-ring (bicyclic) bond motifs is 1. The van der Waals surface area contributed by atoms with Gasteiger partial charge in [0.15, 0.2) is 0 Å². The number of anilines is 1. The lowest BCUT2D eigenvalue weighted by Crippen LogP contribution is -2.54. The highest BCUT2D eigenvalue weighted by Crippen LogP contribution is 2.27. The largest absolute Gasteiger partial charge is 0.331 e. The van der Waals surface area contributed by atoms with Crippen LogP contribution in [0.3, 0.4) is 0 Å². The number of piperazine rings is 1. The molecule has 2 aromatic rings. The van der Waals surface area contributed by atoms with Crippen LogP contribution in [0, 0.1) is 17.2 Å². The standard InChI is InChI=1S/C22H21N3O2/c23-14-16-4-3-7-20(12-16)25-11-10-24(15-21(25)26)22(27)19-9-8-17-5-1-2-6-18(17)13-19/h1-7,12,19H,8-11,13,15H2/t19-/m1/s1. The van der Waals surface area contributed by atoms with E-state index in [1.165, 1.54) is 11.1 Å². The number of hydrogen-bond acceptors (Lipinski definition) is 3. The minimum Gasteiger partial charge on any atom is -0.331 e. The molecule has 5 heteroatoms. The summed E-state index contributed by atoms with van der Waals surface area (Å²) < 4.78 is 0. The third kappa shape index (κ3) is 3.43. The Morgan fingerprint density at radius 1 is 1.07 bits per heavy atom. The predicted molar refractivity (Wildman–Crippen MR) is 102 cm³/mol. The first kappa shape index (κ1) is 17.3. The Morgan fingerprint density at radius 2 is 1.89 bits per heavy atom. The van der Waals surface area contributed by atoms with Crippen LogP contribution in [0.2, 0.25) is 0 Å². The first-order valence-corrected chi connectivity index (χ1v) is 9.32. The SMILES string of the molecule is N#Cc1cccc(N2CCN(C(=O)[C@@H]3CCc4ccccc4C3)CC2=O)c1. The summed E-state index contributed by atoms with van der Waals surface area (Å²) in [6.07, 6.45) is 2.52. The third-order valence-corrected chi connectivity index (χ3v) is 5.52. The normalized spacial score (nSPS) is 19.4. The predicted octanol–water partition coefficient (Wildman–Crippen LogP) is 2.54. The van der Waals surface area contributed by atoms with Gasteiger partial charge in [-0.3, -0.25) is 9.59 Å². The minimum absolute atomic E-state index is 0.0406. The average molecular weight is 359 g/mol. The Hall–Kier alpha value is -3.13. The smallest absolute Gasteiger partial charge is 0.246 e. The fourth-order valence-corrected chi connectivity index (χ4v) is 4.04. The number of benzene rings is 2. The molecule has 0 saturated carbocycles. The van der Waals surface area contributed by atoms with E-state index in [-0.39, 0.29) is 24.3 Å². The number of rotatable bonds is 2. The zero-order valence-corrected chi connectivity index (χ0v) is 15.1. The average Bonchev–Trinajstić information content (AvgIpc) is 2.72. The molecule has 1 aliphatic carbocycles. The highest BCUT2D eigenvalue weighted by molar-refractivity contribution is 5.98. The molecule has 5 nitrogen and oxygen atoms in total. The molecule has 0 radical (unpaired) electrons. The lowest BCUT2D eigenvalue weighted by atomic mass is 9.83. The monoisotopic (exact) mass is 359 g/mol. The van der Waals surface area contributed by atoms with E-state index < -0.39 is 0 Å². The molecule has 4 rings (SSSR count). The van der Waals surface area contributed by atoms with Crippen LogP contribution in [0.5, 0.6) is 0 Å². The van der Waals surface area contributed by atoms with Crippen LogP contribution in [-0.4, -0.2) is 36.3 Å². The second-order valence-corrected chi connectivity index (χ2v) is 7.18. The van der Waals surface area contributed by atoms with Crippen molar-refractivity contribution >= 4 is 17.5 Å². The Labute approximate surface area is 158 Å². The molecule has 1 heterocycles. The zero-order chi connectivity index (χ0) is 18.8. The second kappa shape index (κ2) is 7.24. The Balaban J connectivity index is 1.43. The molecule has 2 aromatic carbocycles. The van der Waals surface area contributed by atoms with Crippen LogP contribution in [0.4, 0.5) is 5.69 Å². The van der Waals surface area contributed by atoms with Gasteiger partial charge in [-0.2, -0.15) is 5.26 Å². The van der Waals surface area contributed by atoms with Gasteiger partial charge in [-0.25, -0.2) is 0 Å². The van der Waals surface area contributed by atoms with E-state index in [1.807, 2.05) is 18.2 Å². The Kier molecular flexibility index (Phi) is 4.64. The molecule has 1 saturated heterocycles. The summed E-state index contributed by atoms with van der Waals surface area (Å²) in [7, 11) is 0. The van der Waals surface area contributed by atoms with Crippen molar-refractivity contribution < 1.29 is 9.59 Å². The summed E-state index contributed by atoms with van der Waals surface area (Å²) in [6.45, 7) is 1.09. The van der Waals surface area contributed by atoms with E-state index in [9.17, 15) is 9.59 Å². The van der Waals surface area contributed by atoms with Crippen molar-refractivity contribution in [2.75, 3.05) is 24.5 Å². The van der Waals surface area contributed by atoms with Crippen LogP contribution in [0.15, 0.2) is 48.5 Å². The number of carbonyl (C=O) groups excluding carboxylic acids is 2. The van der Waals surface area contributed by atoms with Gasteiger partial charge in [0.25, 0.3) is 0 Å². The van der Waals surface area contributed by atoms with Gasteiger partial charge >= 0.3 is 0 Å². The fraction of sp³-hybridized carbons (Fsp3) is 0.318. The van der Waals surface area contributed by atoms with Crippen LogP contribution >= 0.6 is 0 Å². The topological polar surface area (TPSA) is 64.4 Å². The number of nitrogens with zero attached hydrogens (tertiary/aromatic N) is 3. The lowest BCUT2D eigenvalue weighted by molar-refractivity contribution is -0.140. The molecule has 0 unspecified atom stereocenters. The molecule has 1 aliphatic heterocycles. The van der Waals surface area contributed by atoms with Crippen molar-refractivity contribution in [3.63, 3.8) is 0 Å². The molecule has 0 aromatic heterocycles. The third-order valence-electron chi connectivity index (χ3n) is 5.52. The van der Waals surface area contributed by atoms with Gasteiger partial charge in [0.1, 0.15) is 6.54 Å². The van der Waals surface area contributed by atoms with E-state index >= 15 is 0 Å². The van der Waals surface area contributed by atoms with Crippen LogP contribution < -0.4 is 4.90 Å². The van der Waals surface area contributed by atoms with E-state index in [4.69, 9.17) is 5.26 Å². The maximum atomic E-state index is 13.0. The van der Waals surface area contributed by atoms with Crippen molar-refractivity contribution in [3.05, 3.63) is 65.2 Å². The summed E-state index contributed by atoms with van der Waals surface area (Å²) in [4.78, 5) is 29.0. The van der Waals surface area contributed by atoms with Crippen LogP contribution in [0.25, 0.3) is 0 Å². The molecule has 27 heavy (non-hydrogen) atoms. The Morgan fingerprint density at radius 3 is 2.67 bits per heavy atom. The summed E-state index contributed by atoms with van der Waals surface area (Å²) in [5, 5.41) is 9.05. The lowest BCUT2D eigenvalue weighted by Gasteiger charge is -2.37. The molecular weight excluding hydrogens is 338 g/mol. The molecule has 2 amide bonds. The van der Waals surface area contributed by atoms with Crippen molar-refractivity contribution in [2.24, 2.45) is 5.92 Å². The van der Waals surface area contributed by atoms with Gasteiger partial charge in [-0.15, -0.1) is 0 Å². The van der Waals surface area contributed by atoms with E-state index in [2.05, 4.69) is 18.2 Å². The maximum Gasteiger partial charge on any atom is 0.246 e. The van der Waals surface area contributed by atoms with Gasteiger partial charge in [0.05, 0.1) is 11.6 Å². The molecule has 1 atom stereocenters. The Bertz CT molecular complexity index is 931. The number of hydrogen-bond donors (Lipinski definition) is 0. The van der Waals surface area contributed by atoms with E-state index in [0.717, 1.165) is 24.9 Å². The van der Waals surface area contributed by atoms with E-state index in [1.54, 1.807) is 28.0 Å². The molecule has 0 N–H and O–H groups in total. The summed E-state index contributed by atoms with van der Waals surface area (Å²) in [6, 6.07) is 17.4. The number of amides is 2. The summed E-state index contributed by atoms with van der Waals surface area (Å²) in [5.74, 6) is -0.0506. The minimum atomic E-state index is -0.0964. The molecule has 0 bridgehead atoms. The molecule has 1 fully saturated rings. The molecule has 0 spiro atoms. The number of aryl methyl sites for hydroxylation is 1. The second-order valence-electron chi connectivity index (χ2n) is 7.18. The quantitative estimate of drug-likeness (QED) is 0.828. The summed E-state index contributed by atoms with van der Waals surface area (Å²) in [5.41, 5.74) is 3.83. The van der Waals surface area contributed by atoms with Crippen molar-refractivity contribution in [1.29, 1.82) is 5.26 Å². The summed E-state index contributed by atoms with van der Waals surface area (Å²) >= 11 is 0.